The number of aryl methyl sites for hydroxylation is 1. The molecule has 0 radical (unpaired) electrons. The van der Waals surface area contributed by atoms with E-state index in [9.17, 15) is 4.79 Å². The summed E-state index contributed by atoms with van der Waals surface area (Å²) in [6.45, 7) is 6.21. The molecule has 96 valence electrons. The van der Waals surface area contributed by atoms with Gasteiger partial charge in [-0.15, -0.1) is 0 Å². The maximum atomic E-state index is 12.3. The van der Waals surface area contributed by atoms with Crippen molar-refractivity contribution in [2.75, 3.05) is 6.54 Å². The van der Waals surface area contributed by atoms with Crippen LogP contribution >= 0.6 is 11.6 Å². The minimum atomic E-state index is -0.0555. The maximum absolute atomic E-state index is 12.3. The van der Waals surface area contributed by atoms with Crippen LogP contribution in [0.1, 0.15) is 36.2 Å². The van der Waals surface area contributed by atoms with Crippen LogP contribution in [0, 0.1) is 18.3 Å². The number of hydrogen-bond donors (Lipinski definition) is 0. The van der Waals surface area contributed by atoms with Crippen LogP contribution in [0.25, 0.3) is 0 Å². The Morgan fingerprint density at radius 1 is 1.50 bits per heavy atom. The highest BCUT2D eigenvalue weighted by atomic mass is 35.5. The normalized spacial score (nSPS) is 10.2. The Balaban J connectivity index is 2.95. The lowest BCUT2D eigenvalue weighted by Crippen LogP contribution is -2.37. The van der Waals surface area contributed by atoms with Gasteiger partial charge in [0.15, 0.2) is 0 Å². The number of carbonyl (C=O) groups excluding carboxylic acids is 1. The molecule has 0 N–H and O–H groups in total. The summed E-state index contributed by atoms with van der Waals surface area (Å²) in [6, 6.07) is 7.37. The third-order valence-electron chi connectivity index (χ3n) is 2.75. The van der Waals surface area contributed by atoms with Gasteiger partial charge in [0.25, 0.3) is 5.91 Å². The number of halogens is 1. The number of nitrogens with zero attached hydrogens (tertiary/aromatic N) is 2. The number of benzene rings is 1. The van der Waals surface area contributed by atoms with Crippen molar-refractivity contribution in [3.05, 3.63) is 34.3 Å². The Kier molecular flexibility index (Phi) is 5.18. The summed E-state index contributed by atoms with van der Waals surface area (Å²) in [4.78, 5) is 14.0. The molecule has 0 unspecified atom stereocenters. The summed E-state index contributed by atoms with van der Waals surface area (Å²) in [5.74, 6) is -0.0555. The Morgan fingerprint density at radius 2 is 2.17 bits per heavy atom. The third-order valence-corrected chi connectivity index (χ3v) is 3.18. The predicted molar refractivity (Wildman–Crippen MR) is 72.6 cm³/mol. The van der Waals surface area contributed by atoms with E-state index in [1.54, 1.807) is 23.1 Å². The van der Waals surface area contributed by atoms with Crippen molar-refractivity contribution in [2.45, 2.75) is 33.2 Å². The van der Waals surface area contributed by atoms with Crippen LogP contribution in [0.5, 0.6) is 0 Å². The first kappa shape index (κ1) is 14.5. The number of amides is 1. The summed E-state index contributed by atoms with van der Waals surface area (Å²) in [7, 11) is 0. The molecule has 0 aliphatic carbocycles. The molecular formula is C14H17ClN2O. The third kappa shape index (κ3) is 3.48. The van der Waals surface area contributed by atoms with Crippen molar-refractivity contribution in [1.82, 2.24) is 4.90 Å². The number of hydrogen-bond acceptors (Lipinski definition) is 2. The summed E-state index contributed by atoms with van der Waals surface area (Å²) < 4.78 is 0. The van der Waals surface area contributed by atoms with Crippen LogP contribution in [0.4, 0.5) is 0 Å². The van der Waals surface area contributed by atoms with Crippen molar-refractivity contribution < 1.29 is 4.79 Å². The monoisotopic (exact) mass is 264 g/mol. The van der Waals surface area contributed by atoms with Gasteiger partial charge < -0.3 is 4.90 Å². The van der Waals surface area contributed by atoms with Crippen molar-refractivity contribution in [3.63, 3.8) is 0 Å². The quantitative estimate of drug-likeness (QED) is 0.836. The standard InChI is InChI=1S/C14H17ClN2O/c1-10(2)17(8-4-7-16)14(18)12-5-6-13(15)11(3)9-12/h5-6,9-10H,4,8H2,1-3H3. The van der Waals surface area contributed by atoms with Crippen LogP contribution in [0.3, 0.4) is 0 Å². The van der Waals surface area contributed by atoms with Crippen molar-refractivity contribution in [2.24, 2.45) is 0 Å². The number of nitriles is 1. The molecule has 0 saturated heterocycles. The summed E-state index contributed by atoms with van der Waals surface area (Å²) >= 11 is 5.94. The van der Waals surface area contributed by atoms with E-state index in [1.807, 2.05) is 20.8 Å². The second kappa shape index (κ2) is 6.42. The van der Waals surface area contributed by atoms with E-state index in [4.69, 9.17) is 16.9 Å². The molecular weight excluding hydrogens is 248 g/mol. The highest BCUT2D eigenvalue weighted by Gasteiger charge is 2.18. The van der Waals surface area contributed by atoms with Crippen molar-refractivity contribution >= 4 is 17.5 Å². The molecule has 3 nitrogen and oxygen atoms in total. The van der Waals surface area contributed by atoms with E-state index in [0.717, 1.165) is 5.56 Å². The molecule has 0 aromatic heterocycles. The fourth-order valence-corrected chi connectivity index (χ4v) is 1.83. The average molecular weight is 265 g/mol. The number of carbonyl (C=O) groups is 1. The highest BCUT2D eigenvalue weighted by molar-refractivity contribution is 6.31. The van der Waals surface area contributed by atoms with Gasteiger partial charge in [-0.25, -0.2) is 0 Å². The Labute approximate surface area is 113 Å². The molecule has 1 rings (SSSR count). The summed E-state index contributed by atoms with van der Waals surface area (Å²) in [5.41, 5.74) is 1.50. The van der Waals surface area contributed by atoms with Crippen LogP contribution in [-0.4, -0.2) is 23.4 Å². The molecule has 0 heterocycles. The summed E-state index contributed by atoms with van der Waals surface area (Å²) in [5, 5.41) is 9.28. The Bertz CT molecular complexity index is 477. The predicted octanol–water partition coefficient (Wildman–Crippen LogP) is 3.41. The zero-order valence-corrected chi connectivity index (χ0v) is 11.7. The van der Waals surface area contributed by atoms with Gasteiger partial charge in [-0.2, -0.15) is 5.26 Å². The molecule has 0 atom stereocenters. The van der Waals surface area contributed by atoms with Crippen LogP contribution in [0.2, 0.25) is 5.02 Å². The topological polar surface area (TPSA) is 44.1 Å². The first-order valence-electron chi connectivity index (χ1n) is 5.91. The van der Waals surface area contributed by atoms with Gasteiger partial charge in [0.2, 0.25) is 0 Å². The molecule has 0 aliphatic heterocycles. The molecule has 4 heteroatoms. The molecule has 0 spiro atoms. The molecule has 0 bridgehead atoms. The lowest BCUT2D eigenvalue weighted by Gasteiger charge is -2.26. The Morgan fingerprint density at radius 3 is 2.67 bits per heavy atom. The molecule has 0 aliphatic rings. The van der Waals surface area contributed by atoms with Gasteiger partial charge in [-0.05, 0) is 44.5 Å². The molecule has 1 aromatic carbocycles. The van der Waals surface area contributed by atoms with Gasteiger partial charge >= 0.3 is 0 Å². The van der Waals surface area contributed by atoms with E-state index in [-0.39, 0.29) is 11.9 Å². The zero-order valence-electron chi connectivity index (χ0n) is 10.9. The van der Waals surface area contributed by atoms with E-state index in [1.165, 1.54) is 0 Å². The largest absolute Gasteiger partial charge is 0.335 e. The molecule has 0 saturated carbocycles. The molecule has 0 fully saturated rings. The van der Waals surface area contributed by atoms with E-state index in [0.29, 0.717) is 23.6 Å². The first-order chi connectivity index (χ1) is 8.47. The fraction of sp³-hybridized carbons (Fsp3) is 0.429. The SMILES string of the molecule is Cc1cc(C(=O)N(CCC#N)C(C)C)ccc1Cl. The molecule has 1 amide bonds. The zero-order chi connectivity index (χ0) is 13.7. The minimum absolute atomic E-state index is 0.0555. The van der Waals surface area contributed by atoms with E-state index in [2.05, 4.69) is 6.07 Å². The van der Waals surface area contributed by atoms with Gasteiger partial charge in [-0.3, -0.25) is 4.79 Å². The number of rotatable bonds is 4. The lowest BCUT2D eigenvalue weighted by atomic mass is 10.1. The lowest BCUT2D eigenvalue weighted by molar-refractivity contribution is 0.0710. The highest BCUT2D eigenvalue weighted by Crippen LogP contribution is 2.18. The minimum Gasteiger partial charge on any atom is -0.335 e. The van der Waals surface area contributed by atoms with Gasteiger partial charge in [-0.1, -0.05) is 11.6 Å². The van der Waals surface area contributed by atoms with E-state index < -0.39 is 0 Å². The van der Waals surface area contributed by atoms with Gasteiger partial charge in [0.1, 0.15) is 0 Å². The fourth-order valence-electron chi connectivity index (χ4n) is 1.71. The van der Waals surface area contributed by atoms with Gasteiger partial charge in [0, 0.05) is 23.2 Å². The van der Waals surface area contributed by atoms with Crippen LogP contribution < -0.4 is 0 Å². The summed E-state index contributed by atoms with van der Waals surface area (Å²) in [6.07, 6.45) is 0.344. The smallest absolute Gasteiger partial charge is 0.254 e. The van der Waals surface area contributed by atoms with Crippen LogP contribution in [0.15, 0.2) is 18.2 Å². The molecule has 1 aromatic rings. The van der Waals surface area contributed by atoms with Gasteiger partial charge in [0.05, 0.1) is 12.5 Å². The van der Waals surface area contributed by atoms with E-state index >= 15 is 0 Å². The first-order valence-corrected chi connectivity index (χ1v) is 6.29. The van der Waals surface area contributed by atoms with Crippen molar-refractivity contribution in [1.29, 1.82) is 5.26 Å². The Hall–Kier alpha value is -1.53. The van der Waals surface area contributed by atoms with Crippen molar-refractivity contribution in [3.8, 4) is 6.07 Å². The molecule has 18 heavy (non-hydrogen) atoms. The second-order valence-corrected chi connectivity index (χ2v) is 4.87. The average Bonchev–Trinajstić information content (AvgIpc) is 2.32. The second-order valence-electron chi connectivity index (χ2n) is 4.46. The maximum Gasteiger partial charge on any atom is 0.254 e. The van der Waals surface area contributed by atoms with Crippen LogP contribution in [-0.2, 0) is 0 Å².